The Morgan fingerprint density at radius 2 is 1.40 bits per heavy atom. The van der Waals surface area contributed by atoms with Crippen molar-refractivity contribution in [3.63, 3.8) is 0 Å². The van der Waals surface area contributed by atoms with Gasteiger partial charge < -0.3 is 4.79 Å². The van der Waals surface area contributed by atoms with Crippen LogP contribution in [0.3, 0.4) is 0 Å². The lowest BCUT2D eigenvalue weighted by Gasteiger charge is -2.26. The summed E-state index contributed by atoms with van der Waals surface area (Å²) in [5.74, 6) is 0.0230. The van der Waals surface area contributed by atoms with Gasteiger partial charge in [0.05, 0.1) is 0 Å². The molecule has 1 aliphatic rings. The van der Waals surface area contributed by atoms with E-state index in [1.165, 1.54) is 33.4 Å². The first-order valence-corrected chi connectivity index (χ1v) is 8.94. The smallest absolute Gasteiger partial charge is 0.124 e. The average Bonchev–Trinajstić information content (AvgIpc) is 2.87. The van der Waals surface area contributed by atoms with Gasteiger partial charge in [0.2, 0.25) is 0 Å². The highest BCUT2D eigenvalue weighted by molar-refractivity contribution is 5.86. The van der Waals surface area contributed by atoms with Crippen LogP contribution in [0.2, 0.25) is 0 Å². The van der Waals surface area contributed by atoms with Gasteiger partial charge in [-0.15, -0.1) is 0 Å². The third kappa shape index (κ3) is 3.11. The largest absolute Gasteiger partial charge is 0.303 e. The molecule has 1 nitrogen and oxygen atoms in total. The molecule has 0 N–H and O–H groups in total. The lowest BCUT2D eigenvalue weighted by Crippen LogP contribution is -2.20. The summed E-state index contributed by atoms with van der Waals surface area (Å²) in [4.78, 5) is 11.8. The molecule has 0 amide bonds. The molecule has 1 heteroatoms. The number of hydrogen-bond donors (Lipinski definition) is 0. The Labute approximate surface area is 151 Å². The Morgan fingerprint density at radius 1 is 0.920 bits per heavy atom. The molecule has 1 unspecified atom stereocenters. The molecule has 2 aromatic rings. The van der Waals surface area contributed by atoms with E-state index in [0.29, 0.717) is 0 Å². The van der Waals surface area contributed by atoms with Crippen LogP contribution in [0.25, 0.3) is 5.57 Å². The number of allylic oxidation sites excluding steroid dienone is 3. The van der Waals surface area contributed by atoms with E-state index in [0.717, 1.165) is 12.7 Å². The second kappa shape index (κ2) is 6.84. The topological polar surface area (TPSA) is 17.1 Å². The SMILES string of the molecule is CC(C)=C1C(=C(c2ccccc2)c2ccccc2)CC(C=O)C1(C)C. The van der Waals surface area contributed by atoms with Crippen LogP contribution in [0.5, 0.6) is 0 Å². The summed E-state index contributed by atoms with van der Waals surface area (Å²) in [6.07, 6.45) is 1.94. The van der Waals surface area contributed by atoms with Gasteiger partial charge >= 0.3 is 0 Å². The zero-order valence-electron chi connectivity index (χ0n) is 15.5. The van der Waals surface area contributed by atoms with Crippen molar-refractivity contribution < 1.29 is 4.79 Å². The number of carbonyl (C=O) groups is 1. The molecule has 0 radical (unpaired) electrons. The highest BCUT2D eigenvalue weighted by atomic mass is 16.1. The molecule has 1 atom stereocenters. The second-order valence-corrected chi connectivity index (χ2v) is 7.63. The maximum atomic E-state index is 11.8. The van der Waals surface area contributed by atoms with Crippen LogP contribution in [0.15, 0.2) is 77.4 Å². The van der Waals surface area contributed by atoms with E-state index in [1.807, 2.05) is 12.1 Å². The van der Waals surface area contributed by atoms with Gasteiger partial charge in [-0.05, 0) is 53.5 Å². The number of rotatable bonds is 3. The minimum absolute atomic E-state index is 0.0230. The van der Waals surface area contributed by atoms with Crippen LogP contribution < -0.4 is 0 Å². The monoisotopic (exact) mass is 330 g/mol. The molecule has 1 fully saturated rings. The fourth-order valence-electron chi connectivity index (χ4n) is 4.27. The number of carbonyl (C=O) groups excluding carboxylic acids is 1. The fraction of sp³-hybridized carbons (Fsp3) is 0.292. The summed E-state index contributed by atoms with van der Waals surface area (Å²) in [5, 5.41) is 0. The van der Waals surface area contributed by atoms with Crippen LogP contribution in [-0.4, -0.2) is 6.29 Å². The van der Waals surface area contributed by atoms with Gasteiger partial charge in [0.1, 0.15) is 6.29 Å². The lowest BCUT2D eigenvalue weighted by atomic mass is 9.77. The minimum Gasteiger partial charge on any atom is -0.303 e. The molecule has 128 valence electrons. The quantitative estimate of drug-likeness (QED) is 0.624. The molecular formula is C24H26O. The van der Waals surface area contributed by atoms with E-state index < -0.39 is 0 Å². The van der Waals surface area contributed by atoms with Crippen LogP contribution in [0, 0.1) is 11.3 Å². The van der Waals surface area contributed by atoms with Gasteiger partial charge in [-0.3, -0.25) is 0 Å². The average molecular weight is 330 g/mol. The predicted octanol–water partition coefficient (Wildman–Crippen LogP) is 6.07. The molecule has 25 heavy (non-hydrogen) atoms. The number of hydrogen-bond acceptors (Lipinski definition) is 1. The molecule has 0 bridgehead atoms. The zero-order chi connectivity index (χ0) is 18.0. The third-order valence-electron chi connectivity index (χ3n) is 5.39. The van der Waals surface area contributed by atoms with Crippen molar-refractivity contribution in [3.8, 4) is 0 Å². The highest BCUT2D eigenvalue weighted by Crippen LogP contribution is 2.53. The first-order chi connectivity index (χ1) is 12.0. The molecule has 0 aromatic heterocycles. The molecule has 2 aromatic carbocycles. The van der Waals surface area contributed by atoms with Crippen molar-refractivity contribution in [2.45, 2.75) is 34.1 Å². The molecule has 1 saturated carbocycles. The van der Waals surface area contributed by atoms with E-state index in [9.17, 15) is 4.79 Å². The Bertz CT molecular complexity index is 777. The van der Waals surface area contributed by atoms with Crippen LogP contribution in [-0.2, 0) is 4.79 Å². The minimum atomic E-state index is -0.134. The van der Waals surface area contributed by atoms with Gasteiger partial charge in [-0.25, -0.2) is 0 Å². The Hall–Kier alpha value is -2.41. The Kier molecular flexibility index (Phi) is 4.76. The normalized spacial score (nSPS) is 19.0. The Balaban J connectivity index is 2.35. The van der Waals surface area contributed by atoms with Crippen molar-refractivity contribution >= 4 is 11.9 Å². The van der Waals surface area contributed by atoms with E-state index in [4.69, 9.17) is 0 Å². The van der Waals surface area contributed by atoms with E-state index in [-0.39, 0.29) is 11.3 Å². The van der Waals surface area contributed by atoms with Gasteiger partial charge in [0.15, 0.2) is 0 Å². The Morgan fingerprint density at radius 3 is 1.80 bits per heavy atom. The molecule has 0 aliphatic heterocycles. The molecule has 0 spiro atoms. The van der Waals surface area contributed by atoms with E-state index >= 15 is 0 Å². The summed E-state index contributed by atoms with van der Waals surface area (Å²) >= 11 is 0. The molecule has 3 rings (SSSR count). The molecule has 0 heterocycles. The zero-order valence-corrected chi connectivity index (χ0v) is 15.5. The van der Waals surface area contributed by atoms with Gasteiger partial charge in [0, 0.05) is 5.92 Å². The van der Waals surface area contributed by atoms with E-state index in [2.05, 4.69) is 76.2 Å². The maximum absolute atomic E-state index is 11.8. The lowest BCUT2D eigenvalue weighted by molar-refractivity contribution is -0.112. The molecule has 0 saturated heterocycles. The third-order valence-corrected chi connectivity index (χ3v) is 5.39. The first-order valence-electron chi connectivity index (χ1n) is 8.94. The summed E-state index contributed by atoms with van der Waals surface area (Å²) in [6, 6.07) is 21.1. The number of benzene rings is 2. The summed E-state index contributed by atoms with van der Waals surface area (Å²) in [5.41, 5.74) is 7.51. The fourth-order valence-corrected chi connectivity index (χ4v) is 4.27. The van der Waals surface area contributed by atoms with Crippen molar-refractivity contribution in [2.24, 2.45) is 11.3 Å². The van der Waals surface area contributed by atoms with Crippen LogP contribution in [0.4, 0.5) is 0 Å². The highest BCUT2D eigenvalue weighted by Gasteiger charge is 2.43. The summed E-state index contributed by atoms with van der Waals surface area (Å²) in [6.45, 7) is 8.74. The standard InChI is InChI=1S/C24H26O/c1-17(2)23-21(15-20(16-25)24(23,3)4)22(18-11-7-5-8-12-18)19-13-9-6-10-14-19/h5-14,16,20H,15H2,1-4H3. The van der Waals surface area contributed by atoms with Gasteiger partial charge in [-0.1, -0.05) is 80.1 Å². The predicted molar refractivity (Wildman–Crippen MR) is 105 cm³/mol. The van der Waals surface area contributed by atoms with E-state index in [1.54, 1.807) is 0 Å². The van der Waals surface area contributed by atoms with Gasteiger partial charge in [-0.2, -0.15) is 0 Å². The second-order valence-electron chi connectivity index (χ2n) is 7.63. The summed E-state index contributed by atoms with van der Waals surface area (Å²) in [7, 11) is 0. The van der Waals surface area contributed by atoms with Crippen molar-refractivity contribution in [3.05, 3.63) is 88.5 Å². The first kappa shape index (κ1) is 17.4. The van der Waals surface area contributed by atoms with Crippen LogP contribution >= 0.6 is 0 Å². The van der Waals surface area contributed by atoms with Crippen LogP contribution in [0.1, 0.15) is 45.2 Å². The van der Waals surface area contributed by atoms with Crippen molar-refractivity contribution in [2.75, 3.05) is 0 Å². The molecule has 1 aliphatic carbocycles. The van der Waals surface area contributed by atoms with Crippen molar-refractivity contribution in [1.29, 1.82) is 0 Å². The maximum Gasteiger partial charge on any atom is 0.124 e. The molecular weight excluding hydrogens is 304 g/mol. The summed E-state index contributed by atoms with van der Waals surface area (Å²) < 4.78 is 0. The van der Waals surface area contributed by atoms with Crippen molar-refractivity contribution in [1.82, 2.24) is 0 Å². The van der Waals surface area contributed by atoms with Gasteiger partial charge in [0.25, 0.3) is 0 Å². The number of aldehydes is 1.